The molecule has 1 aliphatic rings. The fourth-order valence-electron chi connectivity index (χ4n) is 0.954. The first-order chi connectivity index (χ1) is 4.88. The fourth-order valence-corrected chi connectivity index (χ4v) is 2.52. The molecule has 2 rings (SSSR count). The van der Waals surface area contributed by atoms with Crippen molar-refractivity contribution in [1.29, 1.82) is 0 Å². The zero-order chi connectivity index (χ0) is 6.97. The van der Waals surface area contributed by atoms with Crippen LogP contribution >= 0.6 is 21.0 Å². The number of aromatic nitrogens is 1. The Balaban J connectivity index is 2.67. The average Bonchev–Trinajstić information content (AvgIpc) is 2.36. The largest absolute Gasteiger partial charge is 0.346 e. The second-order valence-corrected chi connectivity index (χ2v) is 3.88. The standard InChI is InChI=1S/C7H7IN2/c1-5-4-8-10-7-6(5)2-3-9-7/h2-4H,1H3,(H,9,10). The van der Waals surface area contributed by atoms with Crippen LogP contribution in [0.2, 0.25) is 0 Å². The minimum atomic E-state index is -0.0567. The number of halogens is 1. The number of hydrogen-bond acceptors (Lipinski definition) is 1. The Morgan fingerprint density at radius 3 is 3.30 bits per heavy atom. The highest BCUT2D eigenvalue weighted by atomic mass is 127. The molecule has 0 radical (unpaired) electrons. The highest BCUT2D eigenvalue weighted by Gasteiger charge is 2.05. The topological polar surface area (TPSA) is 28.1 Å². The third-order valence-corrected chi connectivity index (χ3v) is 3.47. The monoisotopic (exact) mass is 246 g/mol. The Kier molecular flexibility index (Phi) is 1.44. The molecule has 1 aromatic heterocycles. The minimum absolute atomic E-state index is 0.0567. The summed E-state index contributed by atoms with van der Waals surface area (Å²) < 4.78 is 6.63. The van der Waals surface area contributed by atoms with Gasteiger partial charge in [0.2, 0.25) is 0 Å². The van der Waals surface area contributed by atoms with E-state index in [1.54, 1.807) is 0 Å². The van der Waals surface area contributed by atoms with Crippen LogP contribution in [0.1, 0.15) is 12.5 Å². The van der Waals surface area contributed by atoms with Crippen LogP contribution in [0.15, 0.2) is 19.5 Å². The van der Waals surface area contributed by atoms with Crippen LogP contribution in [-0.4, -0.2) is 4.98 Å². The number of rotatable bonds is 0. The van der Waals surface area contributed by atoms with Crippen molar-refractivity contribution in [2.75, 3.05) is 0 Å². The van der Waals surface area contributed by atoms with Crippen molar-refractivity contribution in [3.63, 3.8) is 0 Å². The van der Waals surface area contributed by atoms with Gasteiger partial charge in [0, 0.05) is 32.8 Å². The molecule has 0 unspecified atom stereocenters. The first-order valence-electron chi connectivity index (χ1n) is 3.06. The average molecular weight is 246 g/mol. The van der Waals surface area contributed by atoms with Gasteiger partial charge >= 0.3 is 0 Å². The van der Waals surface area contributed by atoms with E-state index in [2.05, 4.69) is 25.2 Å². The summed E-state index contributed by atoms with van der Waals surface area (Å²) >= 11 is -0.0567. The number of nitrogens with one attached hydrogen (secondary N) is 1. The molecule has 3 heteroatoms. The Bertz CT molecular complexity index is 309. The highest BCUT2D eigenvalue weighted by molar-refractivity contribution is 14.2. The molecule has 0 saturated heterocycles. The summed E-state index contributed by atoms with van der Waals surface area (Å²) in [5.41, 5.74) is 2.64. The van der Waals surface area contributed by atoms with Crippen molar-refractivity contribution < 1.29 is 0 Å². The van der Waals surface area contributed by atoms with Gasteiger partial charge in [-0.25, -0.2) is 3.15 Å². The van der Waals surface area contributed by atoms with Crippen LogP contribution in [0, 0.1) is 0 Å². The van der Waals surface area contributed by atoms with E-state index < -0.39 is 0 Å². The second-order valence-electron chi connectivity index (χ2n) is 2.21. The normalized spacial score (nSPS) is 15.5. The maximum Gasteiger partial charge on any atom is 0.143 e. The Hall–Kier alpha value is -0.450. The van der Waals surface area contributed by atoms with E-state index in [4.69, 9.17) is 0 Å². The van der Waals surface area contributed by atoms with Gasteiger partial charge in [-0.1, -0.05) is 0 Å². The SMILES string of the molecule is CC1=CI=Nc2[nH]ccc21. The number of allylic oxidation sites excluding steroid dienone is 1. The molecule has 0 bridgehead atoms. The van der Waals surface area contributed by atoms with E-state index in [0.29, 0.717) is 0 Å². The third kappa shape index (κ3) is 0.847. The molecule has 1 aliphatic heterocycles. The van der Waals surface area contributed by atoms with Gasteiger partial charge < -0.3 is 4.98 Å². The summed E-state index contributed by atoms with van der Waals surface area (Å²) in [5, 5.41) is 0. The lowest BCUT2D eigenvalue weighted by atomic mass is 10.2. The zero-order valence-corrected chi connectivity index (χ0v) is 7.71. The number of nitrogens with zero attached hydrogens (tertiary/aromatic N) is 1. The lowest BCUT2D eigenvalue weighted by Gasteiger charge is -2.00. The van der Waals surface area contributed by atoms with E-state index in [0.717, 1.165) is 5.82 Å². The molecule has 0 fully saturated rings. The number of H-pyrrole nitrogens is 1. The van der Waals surface area contributed by atoms with E-state index in [1.807, 2.05) is 6.20 Å². The van der Waals surface area contributed by atoms with Crippen molar-refractivity contribution in [2.45, 2.75) is 6.92 Å². The molecule has 0 saturated carbocycles. The first-order valence-corrected chi connectivity index (χ1v) is 5.27. The lowest BCUT2D eigenvalue weighted by molar-refractivity contribution is 1.36. The second kappa shape index (κ2) is 2.30. The summed E-state index contributed by atoms with van der Waals surface area (Å²) in [6.45, 7) is 2.14. The molecular weight excluding hydrogens is 239 g/mol. The molecule has 2 heterocycles. The van der Waals surface area contributed by atoms with Gasteiger partial charge in [0.15, 0.2) is 0 Å². The van der Waals surface area contributed by atoms with E-state index >= 15 is 0 Å². The fraction of sp³-hybridized carbons (Fsp3) is 0.143. The summed E-state index contributed by atoms with van der Waals surface area (Å²) in [6, 6.07) is 2.08. The quantitative estimate of drug-likeness (QED) is 0.681. The maximum absolute atomic E-state index is 4.38. The minimum Gasteiger partial charge on any atom is -0.346 e. The van der Waals surface area contributed by atoms with Crippen LogP contribution in [0.5, 0.6) is 0 Å². The molecule has 1 N–H and O–H groups in total. The van der Waals surface area contributed by atoms with Gasteiger partial charge in [-0.3, -0.25) is 0 Å². The van der Waals surface area contributed by atoms with Gasteiger partial charge in [0.1, 0.15) is 5.82 Å². The van der Waals surface area contributed by atoms with Crippen molar-refractivity contribution in [3.05, 3.63) is 21.9 Å². The van der Waals surface area contributed by atoms with Gasteiger partial charge in [0.05, 0.1) is 0 Å². The van der Waals surface area contributed by atoms with Crippen molar-refractivity contribution in [1.82, 2.24) is 4.98 Å². The molecule has 0 aliphatic carbocycles. The predicted molar refractivity (Wildman–Crippen MR) is 50.6 cm³/mol. The number of aromatic amines is 1. The summed E-state index contributed by atoms with van der Waals surface area (Å²) in [6.07, 6.45) is 1.95. The smallest absolute Gasteiger partial charge is 0.143 e. The molecule has 0 atom stereocenters. The van der Waals surface area contributed by atoms with Crippen LogP contribution in [0.4, 0.5) is 5.82 Å². The van der Waals surface area contributed by atoms with Crippen LogP contribution in [0.3, 0.4) is 0 Å². The molecule has 2 nitrogen and oxygen atoms in total. The Morgan fingerprint density at radius 2 is 2.50 bits per heavy atom. The third-order valence-electron chi connectivity index (χ3n) is 1.50. The first kappa shape index (κ1) is 6.27. The van der Waals surface area contributed by atoms with Crippen LogP contribution in [-0.2, 0) is 0 Å². The van der Waals surface area contributed by atoms with Crippen molar-refractivity contribution >= 4 is 32.4 Å². The van der Waals surface area contributed by atoms with Crippen molar-refractivity contribution in [2.24, 2.45) is 3.15 Å². The summed E-state index contributed by atoms with van der Waals surface area (Å²) in [4.78, 5) is 3.11. The summed E-state index contributed by atoms with van der Waals surface area (Å²) in [5.74, 6) is 1.08. The predicted octanol–water partition coefficient (Wildman–Crippen LogP) is 3.17. The van der Waals surface area contributed by atoms with Crippen LogP contribution < -0.4 is 0 Å². The van der Waals surface area contributed by atoms with Gasteiger partial charge in [0.25, 0.3) is 0 Å². The zero-order valence-electron chi connectivity index (χ0n) is 5.56. The van der Waals surface area contributed by atoms with Crippen LogP contribution in [0.25, 0.3) is 5.57 Å². The molecule has 1 aromatic rings. The van der Waals surface area contributed by atoms with Gasteiger partial charge in [-0.05, 0) is 22.6 Å². The number of fused-ring (bicyclic) bond motifs is 1. The van der Waals surface area contributed by atoms with E-state index in [-0.39, 0.29) is 21.0 Å². The van der Waals surface area contributed by atoms with E-state index in [1.165, 1.54) is 11.1 Å². The maximum atomic E-state index is 4.38. The number of hydrogen-bond donors (Lipinski definition) is 1. The Morgan fingerprint density at radius 1 is 1.60 bits per heavy atom. The molecule has 52 valence electrons. The molecule has 0 amide bonds. The molecular formula is C7H7IN2. The van der Waals surface area contributed by atoms with Gasteiger partial charge in [-0.2, -0.15) is 0 Å². The Labute approximate surface area is 69.5 Å². The molecule has 10 heavy (non-hydrogen) atoms. The van der Waals surface area contributed by atoms with Gasteiger partial charge in [-0.15, -0.1) is 0 Å². The van der Waals surface area contributed by atoms with E-state index in [9.17, 15) is 0 Å². The molecule has 0 aromatic carbocycles. The molecule has 0 spiro atoms. The highest BCUT2D eigenvalue weighted by Crippen LogP contribution is 2.33. The summed E-state index contributed by atoms with van der Waals surface area (Å²) in [7, 11) is 0. The lowest BCUT2D eigenvalue weighted by Crippen LogP contribution is -1.75. The van der Waals surface area contributed by atoms with Crippen molar-refractivity contribution in [3.8, 4) is 0 Å².